The molecule has 2 rings (SSSR count). The maximum absolute atomic E-state index is 9.35. The van der Waals surface area contributed by atoms with E-state index in [1.165, 1.54) is 11.5 Å². The molecule has 70 valence electrons. The minimum absolute atomic E-state index is 0.0967. The first-order chi connectivity index (χ1) is 6.86. The first-order valence-electron chi connectivity index (χ1n) is 3.83. The smallest absolute Gasteiger partial charge is 0.208 e. The number of aromatic hydroxyl groups is 1. The molecule has 0 saturated carbocycles. The topological polar surface area (TPSA) is 70.7 Å². The molecular weight excluding hydrogens is 200 g/mol. The lowest BCUT2D eigenvalue weighted by molar-refractivity contribution is 0.476. The van der Waals surface area contributed by atoms with Crippen molar-refractivity contribution in [1.82, 2.24) is 9.59 Å². The van der Waals surface area contributed by atoms with Crippen LogP contribution >= 0.6 is 11.5 Å². The number of para-hydroxylation sites is 1. The number of phenols is 1. The van der Waals surface area contributed by atoms with Crippen molar-refractivity contribution in [2.24, 2.45) is 10.2 Å². The van der Waals surface area contributed by atoms with Gasteiger partial charge in [0, 0.05) is 0 Å². The highest BCUT2D eigenvalue weighted by Gasteiger charge is 1.97. The van der Waals surface area contributed by atoms with Gasteiger partial charge in [0.05, 0.1) is 5.38 Å². The lowest BCUT2D eigenvalue weighted by Gasteiger charge is -1.93. The van der Waals surface area contributed by atoms with Gasteiger partial charge in [0.15, 0.2) is 0 Å². The van der Waals surface area contributed by atoms with Gasteiger partial charge < -0.3 is 5.11 Å². The van der Waals surface area contributed by atoms with Crippen LogP contribution in [0.3, 0.4) is 0 Å². The number of azo groups is 1. The largest absolute Gasteiger partial charge is 0.506 e. The number of aromatic nitrogens is 2. The van der Waals surface area contributed by atoms with Gasteiger partial charge in [-0.2, -0.15) is 0 Å². The minimum Gasteiger partial charge on any atom is -0.506 e. The van der Waals surface area contributed by atoms with Crippen molar-refractivity contribution in [3.63, 3.8) is 0 Å². The lowest BCUT2D eigenvalue weighted by atomic mass is 10.3. The predicted molar refractivity (Wildman–Crippen MR) is 52.2 cm³/mol. The summed E-state index contributed by atoms with van der Waals surface area (Å²) >= 11 is 1.20. The highest BCUT2D eigenvalue weighted by molar-refractivity contribution is 7.03. The van der Waals surface area contributed by atoms with E-state index in [2.05, 4.69) is 19.8 Å². The van der Waals surface area contributed by atoms with Crippen molar-refractivity contribution in [1.29, 1.82) is 0 Å². The van der Waals surface area contributed by atoms with E-state index < -0.39 is 0 Å². The molecule has 14 heavy (non-hydrogen) atoms. The van der Waals surface area contributed by atoms with Crippen molar-refractivity contribution >= 4 is 23.0 Å². The minimum atomic E-state index is 0.0967. The highest BCUT2D eigenvalue weighted by Crippen LogP contribution is 2.26. The third-order valence-corrected chi connectivity index (χ3v) is 1.98. The van der Waals surface area contributed by atoms with Crippen molar-refractivity contribution in [3.05, 3.63) is 29.6 Å². The molecule has 1 aromatic heterocycles. The molecule has 2 aromatic rings. The van der Waals surface area contributed by atoms with Crippen molar-refractivity contribution in [3.8, 4) is 5.75 Å². The Morgan fingerprint density at radius 3 is 2.79 bits per heavy atom. The Bertz CT molecular complexity index is 440. The quantitative estimate of drug-likeness (QED) is 0.768. The van der Waals surface area contributed by atoms with Crippen LogP contribution in [0.5, 0.6) is 5.75 Å². The van der Waals surface area contributed by atoms with Gasteiger partial charge in [0.25, 0.3) is 0 Å². The van der Waals surface area contributed by atoms with Crippen molar-refractivity contribution in [2.45, 2.75) is 0 Å². The van der Waals surface area contributed by atoms with Gasteiger partial charge in [-0.15, -0.1) is 15.3 Å². The molecule has 0 unspecified atom stereocenters. The first kappa shape index (κ1) is 8.76. The van der Waals surface area contributed by atoms with Crippen LogP contribution in [0.2, 0.25) is 0 Å². The molecule has 0 spiro atoms. The first-order valence-corrected chi connectivity index (χ1v) is 4.67. The number of hydrogen-bond donors (Lipinski definition) is 1. The van der Waals surface area contributed by atoms with Crippen LogP contribution in [-0.2, 0) is 0 Å². The summed E-state index contributed by atoms with van der Waals surface area (Å²) in [5, 5.41) is 22.3. The van der Waals surface area contributed by atoms with Gasteiger partial charge in [0.1, 0.15) is 11.4 Å². The van der Waals surface area contributed by atoms with Crippen LogP contribution in [0.4, 0.5) is 11.5 Å². The maximum atomic E-state index is 9.35. The van der Waals surface area contributed by atoms with E-state index in [1.807, 2.05) is 0 Å². The van der Waals surface area contributed by atoms with E-state index in [0.717, 1.165) is 0 Å². The Morgan fingerprint density at radius 1 is 1.21 bits per heavy atom. The Labute approximate surface area is 83.9 Å². The summed E-state index contributed by atoms with van der Waals surface area (Å²) in [5.41, 5.74) is 0.417. The Morgan fingerprint density at radius 2 is 2.07 bits per heavy atom. The predicted octanol–water partition coefficient (Wildman–Crippen LogP) is 2.66. The van der Waals surface area contributed by atoms with Crippen molar-refractivity contribution in [2.75, 3.05) is 0 Å². The molecule has 1 heterocycles. The molecule has 0 aliphatic carbocycles. The maximum Gasteiger partial charge on any atom is 0.208 e. The molecule has 0 aliphatic heterocycles. The fourth-order valence-corrected chi connectivity index (χ4v) is 1.22. The molecule has 1 aromatic carbocycles. The standard InChI is InChI=1S/C8H6N4OS/c13-7-4-2-1-3-6(7)9-10-8-5-14-12-11-8/h1-5,13H. The van der Waals surface area contributed by atoms with Gasteiger partial charge >= 0.3 is 0 Å². The molecule has 0 bridgehead atoms. The van der Waals surface area contributed by atoms with Crippen LogP contribution in [0, 0.1) is 0 Å². The van der Waals surface area contributed by atoms with Crippen LogP contribution in [0.15, 0.2) is 39.9 Å². The summed E-state index contributed by atoms with van der Waals surface area (Å²) in [6.07, 6.45) is 0. The summed E-state index contributed by atoms with van der Waals surface area (Å²) in [4.78, 5) is 0. The van der Waals surface area contributed by atoms with Gasteiger partial charge in [-0.3, -0.25) is 0 Å². The monoisotopic (exact) mass is 206 g/mol. The zero-order chi connectivity index (χ0) is 9.80. The molecule has 1 N–H and O–H groups in total. The molecule has 0 aliphatic rings. The second kappa shape index (κ2) is 3.93. The average molecular weight is 206 g/mol. The molecular formula is C8H6N4OS. The summed E-state index contributed by atoms with van der Waals surface area (Å²) in [6.45, 7) is 0. The van der Waals surface area contributed by atoms with Crippen LogP contribution in [-0.4, -0.2) is 14.7 Å². The Kier molecular flexibility index (Phi) is 2.46. The van der Waals surface area contributed by atoms with Crippen molar-refractivity contribution < 1.29 is 5.11 Å². The average Bonchev–Trinajstić information content (AvgIpc) is 2.69. The third-order valence-electron chi connectivity index (χ3n) is 1.49. The van der Waals surface area contributed by atoms with E-state index >= 15 is 0 Å². The lowest BCUT2D eigenvalue weighted by Crippen LogP contribution is -1.66. The number of nitrogens with zero attached hydrogens (tertiary/aromatic N) is 4. The van der Waals surface area contributed by atoms with E-state index in [4.69, 9.17) is 0 Å². The second-order valence-corrected chi connectivity index (χ2v) is 3.06. The number of rotatable bonds is 2. The van der Waals surface area contributed by atoms with E-state index in [-0.39, 0.29) is 5.75 Å². The van der Waals surface area contributed by atoms with Crippen LogP contribution < -0.4 is 0 Å². The number of benzene rings is 1. The summed E-state index contributed by atoms with van der Waals surface area (Å²) in [7, 11) is 0. The molecule has 0 atom stereocenters. The van der Waals surface area contributed by atoms with E-state index in [9.17, 15) is 5.11 Å². The molecule has 6 heteroatoms. The molecule has 0 amide bonds. The van der Waals surface area contributed by atoms with Crippen LogP contribution in [0.1, 0.15) is 0 Å². The normalized spacial score (nSPS) is 10.9. The zero-order valence-electron chi connectivity index (χ0n) is 7.03. The Hall–Kier alpha value is -1.82. The fraction of sp³-hybridized carbons (Fsp3) is 0. The van der Waals surface area contributed by atoms with Gasteiger partial charge in [-0.25, -0.2) is 0 Å². The summed E-state index contributed by atoms with van der Waals surface area (Å²) < 4.78 is 3.63. The van der Waals surface area contributed by atoms with E-state index in [0.29, 0.717) is 11.5 Å². The summed E-state index contributed by atoms with van der Waals surface area (Å²) in [5.74, 6) is 0.540. The molecule has 0 saturated heterocycles. The van der Waals surface area contributed by atoms with E-state index in [1.54, 1.807) is 29.6 Å². The SMILES string of the molecule is Oc1ccccc1N=Nc1csnn1. The highest BCUT2D eigenvalue weighted by atomic mass is 32.1. The molecule has 0 fully saturated rings. The molecule has 5 nitrogen and oxygen atoms in total. The van der Waals surface area contributed by atoms with Crippen LogP contribution in [0.25, 0.3) is 0 Å². The molecule has 0 radical (unpaired) electrons. The number of phenolic OH excluding ortho intramolecular Hbond substituents is 1. The van der Waals surface area contributed by atoms with Gasteiger partial charge in [0.2, 0.25) is 5.82 Å². The number of hydrogen-bond acceptors (Lipinski definition) is 6. The van der Waals surface area contributed by atoms with Gasteiger partial charge in [-0.1, -0.05) is 16.6 Å². The summed E-state index contributed by atoms with van der Waals surface area (Å²) in [6, 6.07) is 6.71. The second-order valence-electron chi connectivity index (χ2n) is 2.45. The Balaban J connectivity index is 2.23. The fourth-order valence-electron chi connectivity index (χ4n) is 0.857. The third kappa shape index (κ3) is 1.91. The zero-order valence-corrected chi connectivity index (χ0v) is 7.85. The van der Waals surface area contributed by atoms with Gasteiger partial charge in [-0.05, 0) is 23.7 Å².